The van der Waals surface area contributed by atoms with Crippen LogP contribution in [0.3, 0.4) is 0 Å². The number of nitrogens with one attached hydrogen (secondary N) is 3. The Labute approximate surface area is 216 Å². The lowest BCUT2D eigenvalue weighted by atomic mass is 10.2. The van der Waals surface area contributed by atoms with E-state index in [9.17, 15) is 9.18 Å². The zero-order valence-electron chi connectivity index (χ0n) is 21.2. The fraction of sp³-hybridized carbons (Fsp3) is 0.296. The summed E-state index contributed by atoms with van der Waals surface area (Å²) < 4.78 is 25.7. The van der Waals surface area contributed by atoms with Gasteiger partial charge < -0.3 is 30.3 Å². The molecule has 0 bridgehead atoms. The van der Waals surface area contributed by atoms with Gasteiger partial charge in [-0.05, 0) is 56.8 Å². The van der Waals surface area contributed by atoms with Crippen molar-refractivity contribution in [3.63, 3.8) is 0 Å². The molecule has 0 spiro atoms. The van der Waals surface area contributed by atoms with Crippen molar-refractivity contribution in [2.45, 2.75) is 13.3 Å². The summed E-state index contributed by atoms with van der Waals surface area (Å²) in [7, 11) is 2.06. The SMILES string of the molecule is C=CC(=O)Nc1cccc(Nc2nc(Nc3cccc(OCCCN(C)CCOCC)c3)ncc2F)c1. The fourth-order valence-electron chi connectivity index (χ4n) is 3.31. The summed E-state index contributed by atoms with van der Waals surface area (Å²) in [6.07, 6.45) is 3.14. The van der Waals surface area contributed by atoms with E-state index in [1.807, 2.05) is 31.2 Å². The summed E-state index contributed by atoms with van der Waals surface area (Å²) in [4.78, 5) is 22.0. The standard InChI is InChI=1S/C27H33FN6O3/c1-4-25(35)30-20-9-6-10-21(17-20)31-26-24(28)19-29-27(33-26)32-22-11-7-12-23(18-22)37-15-8-13-34(3)14-16-36-5-2/h4,6-7,9-12,17-19H,1,5,8,13-16H2,2-3H3,(H,30,35)(H2,29,31,32,33). The first kappa shape index (κ1) is 27.6. The van der Waals surface area contributed by atoms with Gasteiger partial charge in [-0.1, -0.05) is 18.7 Å². The second kappa shape index (κ2) is 14.5. The van der Waals surface area contributed by atoms with Crippen molar-refractivity contribution < 1.29 is 18.7 Å². The van der Waals surface area contributed by atoms with E-state index in [4.69, 9.17) is 9.47 Å². The predicted octanol–water partition coefficient (Wildman–Crippen LogP) is 4.96. The van der Waals surface area contributed by atoms with Crippen LogP contribution in [0.4, 0.5) is 33.2 Å². The second-order valence-electron chi connectivity index (χ2n) is 8.14. The fourth-order valence-corrected chi connectivity index (χ4v) is 3.31. The van der Waals surface area contributed by atoms with Gasteiger partial charge in [-0.15, -0.1) is 0 Å². The summed E-state index contributed by atoms with van der Waals surface area (Å²) in [5, 5.41) is 8.66. The van der Waals surface area contributed by atoms with E-state index in [1.54, 1.807) is 24.3 Å². The molecule has 1 heterocycles. The van der Waals surface area contributed by atoms with Crippen LogP contribution in [0, 0.1) is 5.82 Å². The largest absolute Gasteiger partial charge is 0.493 e. The number of anilines is 5. The van der Waals surface area contributed by atoms with E-state index >= 15 is 0 Å². The molecule has 9 nitrogen and oxygen atoms in total. The third-order valence-corrected chi connectivity index (χ3v) is 5.19. The molecular formula is C27H33FN6O3. The molecule has 1 amide bonds. The number of carbonyl (C=O) groups is 1. The highest BCUT2D eigenvalue weighted by molar-refractivity contribution is 5.99. The molecule has 0 unspecified atom stereocenters. The average molecular weight is 509 g/mol. The van der Waals surface area contributed by atoms with Crippen molar-refractivity contribution in [1.29, 1.82) is 0 Å². The lowest BCUT2D eigenvalue weighted by Crippen LogP contribution is -2.25. The molecule has 2 aromatic carbocycles. The Hall–Kier alpha value is -4.02. The van der Waals surface area contributed by atoms with Crippen LogP contribution >= 0.6 is 0 Å². The minimum atomic E-state index is -0.616. The monoisotopic (exact) mass is 508 g/mol. The van der Waals surface area contributed by atoms with E-state index in [0.29, 0.717) is 29.4 Å². The van der Waals surface area contributed by atoms with Gasteiger partial charge in [0.25, 0.3) is 0 Å². The molecule has 37 heavy (non-hydrogen) atoms. The zero-order chi connectivity index (χ0) is 26.5. The van der Waals surface area contributed by atoms with Crippen LogP contribution in [0.5, 0.6) is 5.75 Å². The summed E-state index contributed by atoms with van der Waals surface area (Å²) in [5.41, 5.74) is 1.79. The average Bonchev–Trinajstić information content (AvgIpc) is 2.89. The van der Waals surface area contributed by atoms with Crippen molar-refractivity contribution in [3.8, 4) is 5.75 Å². The highest BCUT2D eigenvalue weighted by Gasteiger charge is 2.09. The minimum absolute atomic E-state index is 0.00874. The first-order chi connectivity index (χ1) is 18.0. The molecule has 0 atom stereocenters. The van der Waals surface area contributed by atoms with Gasteiger partial charge in [0.05, 0.1) is 19.4 Å². The highest BCUT2D eigenvalue weighted by Crippen LogP contribution is 2.24. The number of carbonyl (C=O) groups excluding carboxylic acids is 1. The third-order valence-electron chi connectivity index (χ3n) is 5.19. The molecule has 0 radical (unpaired) electrons. The number of nitrogens with zero attached hydrogens (tertiary/aromatic N) is 3. The highest BCUT2D eigenvalue weighted by atomic mass is 19.1. The number of amides is 1. The molecule has 0 aliphatic rings. The maximum atomic E-state index is 14.4. The van der Waals surface area contributed by atoms with Crippen LogP contribution in [0.25, 0.3) is 0 Å². The lowest BCUT2D eigenvalue weighted by Gasteiger charge is -2.16. The molecule has 3 N–H and O–H groups in total. The second-order valence-corrected chi connectivity index (χ2v) is 8.14. The molecule has 0 saturated carbocycles. The molecule has 0 aliphatic carbocycles. The normalized spacial score (nSPS) is 10.7. The number of benzene rings is 2. The van der Waals surface area contributed by atoms with Gasteiger partial charge in [0.1, 0.15) is 5.75 Å². The van der Waals surface area contributed by atoms with Gasteiger partial charge in [0.2, 0.25) is 11.9 Å². The Morgan fingerprint density at radius 2 is 1.84 bits per heavy atom. The number of hydrogen-bond donors (Lipinski definition) is 3. The zero-order valence-corrected chi connectivity index (χ0v) is 21.2. The van der Waals surface area contributed by atoms with E-state index in [1.165, 1.54) is 6.08 Å². The summed E-state index contributed by atoms with van der Waals surface area (Å²) in [6, 6.07) is 14.3. The van der Waals surface area contributed by atoms with Crippen LogP contribution < -0.4 is 20.7 Å². The summed E-state index contributed by atoms with van der Waals surface area (Å²) in [6.45, 7) is 9.25. The molecule has 0 saturated heterocycles. The number of aromatic nitrogens is 2. The van der Waals surface area contributed by atoms with Gasteiger partial charge >= 0.3 is 0 Å². The molecule has 3 rings (SSSR count). The Kier molecular flexibility index (Phi) is 10.8. The molecule has 3 aromatic rings. The first-order valence-corrected chi connectivity index (χ1v) is 12.1. The predicted molar refractivity (Wildman–Crippen MR) is 144 cm³/mol. The molecular weight excluding hydrogens is 475 g/mol. The molecule has 1 aromatic heterocycles. The van der Waals surface area contributed by atoms with E-state index < -0.39 is 5.82 Å². The van der Waals surface area contributed by atoms with Gasteiger partial charge in [0.15, 0.2) is 11.6 Å². The maximum absolute atomic E-state index is 14.4. The molecule has 0 aliphatic heterocycles. The number of halogens is 1. The van der Waals surface area contributed by atoms with Crippen LogP contribution in [-0.4, -0.2) is 60.7 Å². The Bertz CT molecular complexity index is 1180. The van der Waals surface area contributed by atoms with E-state index in [2.05, 4.69) is 44.4 Å². The molecule has 0 fully saturated rings. The van der Waals surface area contributed by atoms with Crippen molar-refractivity contribution >= 4 is 34.7 Å². The van der Waals surface area contributed by atoms with Crippen molar-refractivity contribution in [1.82, 2.24) is 14.9 Å². The van der Waals surface area contributed by atoms with Gasteiger partial charge in [-0.25, -0.2) is 9.37 Å². The smallest absolute Gasteiger partial charge is 0.247 e. The summed E-state index contributed by atoms with van der Waals surface area (Å²) in [5.74, 6) is -0.0400. The Morgan fingerprint density at radius 3 is 2.62 bits per heavy atom. The van der Waals surface area contributed by atoms with Crippen LogP contribution in [-0.2, 0) is 9.53 Å². The minimum Gasteiger partial charge on any atom is -0.493 e. The van der Waals surface area contributed by atoms with Crippen molar-refractivity contribution in [2.75, 3.05) is 55.9 Å². The maximum Gasteiger partial charge on any atom is 0.247 e. The van der Waals surface area contributed by atoms with Crippen LogP contribution in [0.1, 0.15) is 13.3 Å². The number of rotatable bonds is 15. The van der Waals surface area contributed by atoms with Crippen molar-refractivity contribution in [3.05, 3.63) is 73.2 Å². The molecule has 196 valence electrons. The third kappa shape index (κ3) is 9.51. The van der Waals surface area contributed by atoms with E-state index in [0.717, 1.165) is 38.9 Å². The number of likely N-dealkylation sites (N-methyl/N-ethyl adjacent to an activating group) is 1. The van der Waals surface area contributed by atoms with Gasteiger partial charge in [-0.3, -0.25) is 4.79 Å². The number of ether oxygens (including phenoxy) is 2. The van der Waals surface area contributed by atoms with Crippen LogP contribution in [0.2, 0.25) is 0 Å². The Balaban J connectivity index is 1.56. The first-order valence-electron chi connectivity index (χ1n) is 12.1. The van der Waals surface area contributed by atoms with Gasteiger partial charge in [0, 0.05) is 42.8 Å². The Morgan fingerprint density at radius 1 is 1.08 bits per heavy atom. The van der Waals surface area contributed by atoms with Crippen molar-refractivity contribution in [2.24, 2.45) is 0 Å². The number of hydrogen-bond acceptors (Lipinski definition) is 8. The quantitative estimate of drug-likeness (QED) is 0.196. The summed E-state index contributed by atoms with van der Waals surface area (Å²) >= 11 is 0. The van der Waals surface area contributed by atoms with Gasteiger partial charge in [-0.2, -0.15) is 4.98 Å². The molecule has 10 heteroatoms. The van der Waals surface area contributed by atoms with E-state index in [-0.39, 0.29) is 17.7 Å². The topological polar surface area (TPSA) is 101 Å². The lowest BCUT2D eigenvalue weighted by molar-refractivity contribution is -0.111. The van der Waals surface area contributed by atoms with Crippen LogP contribution in [0.15, 0.2) is 67.4 Å².